The molecule has 1 N–H and O–H groups in total. The smallest absolute Gasteiger partial charge is 0.251 e. The molecule has 122 valence electrons. The predicted molar refractivity (Wildman–Crippen MR) is 90.4 cm³/mol. The number of aryl methyl sites for hydroxylation is 1. The number of amides is 1. The van der Waals surface area contributed by atoms with Gasteiger partial charge in [0, 0.05) is 36.0 Å². The van der Waals surface area contributed by atoms with E-state index in [4.69, 9.17) is 0 Å². The van der Waals surface area contributed by atoms with Gasteiger partial charge in [-0.15, -0.1) is 0 Å². The largest absolute Gasteiger partial charge is 0.349 e. The average molecular weight is 333 g/mol. The van der Waals surface area contributed by atoms with Crippen LogP contribution in [0.15, 0.2) is 35.5 Å². The van der Waals surface area contributed by atoms with E-state index in [1.54, 1.807) is 29.3 Å². The lowest BCUT2D eigenvalue weighted by atomic mass is 10.1. The summed E-state index contributed by atoms with van der Waals surface area (Å²) < 4.78 is 24.0. The summed E-state index contributed by atoms with van der Waals surface area (Å²) in [4.78, 5) is 17.9. The SMILES string of the molecule is Cc1ccc(C(=O)NC2CC2)cc1N1C=CC=NC1S(C)(=O)=O. The number of hydrogen-bond donors (Lipinski definition) is 1. The molecule has 1 fully saturated rings. The molecule has 0 saturated heterocycles. The summed E-state index contributed by atoms with van der Waals surface area (Å²) in [6, 6.07) is 5.57. The standard InChI is InChI=1S/C16H19N3O3S/c1-11-4-5-12(15(20)18-13-6-7-13)10-14(11)19-9-3-8-17-16(19)23(2,21)22/h3-5,8-10,13,16H,6-7H2,1-2H3,(H,18,20). The quantitative estimate of drug-likeness (QED) is 0.908. The fraction of sp³-hybridized carbons (Fsp3) is 0.375. The van der Waals surface area contributed by atoms with Crippen molar-refractivity contribution in [3.8, 4) is 0 Å². The minimum Gasteiger partial charge on any atom is -0.349 e. The Morgan fingerprint density at radius 3 is 2.74 bits per heavy atom. The van der Waals surface area contributed by atoms with Gasteiger partial charge in [-0.3, -0.25) is 9.79 Å². The number of sulfone groups is 1. The van der Waals surface area contributed by atoms with E-state index in [2.05, 4.69) is 10.3 Å². The molecule has 1 unspecified atom stereocenters. The number of nitrogens with zero attached hydrogens (tertiary/aromatic N) is 2. The maximum Gasteiger partial charge on any atom is 0.251 e. The van der Waals surface area contributed by atoms with Crippen molar-refractivity contribution in [2.24, 2.45) is 4.99 Å². The van der Waals surface area contributed by atoms with Crippen LogP contribution in [0.3, 0.4) is 0 Å². The van der Waals surface area contributed by atoms with E-state index in [1.807, 2.05) is 13.0 Å². The van der Waals surface area contributed by atoms with Gasteiger partial charge in [-0.1, -0.05) is 6.07 Å². The van der Waals surface area contributed by atoms with Crippen molar-refractivity contribution in [1.29, 1.82) is 0 Å². The average Bonchev–Trinajstić information content (AvgIpc) is 3.31. The molecule has 1 heterocycles. The van der Waals surface area contributed by atoms with Gasteiger partial charge in [0.15, 0.2) is 9.84 Å². The molecule has 1 amide bonds. The molecule has 1 atom stereocenters. The monoisotopic (exact) mass is 333 g/mol. The van der Waals surface area contributed by atoms with Gasteiger partial charge in [0.05, 0.1) is 0 Å². The van der Waals surface area contributed by atoms with Gasteiger partial charge in [-0.05, 0) is 43.5 Å². The molecule has 0 spiro atoms. The van der Waals surface area contributed by atoms with E-state index in [9.17, 15) is 13.2 Å². The Balaban J connectivity index is 1.95. The fourth-order valence-corrected chi connectivity index (χ4v) is 3.33. The number of aliphatic imine (C=N–C) groups is 1. The molecule has 0 aromatic heterocycles. The molecule has 1 aromatic carbocycles. The molecule has 0 radical (unpaired) electrons. The Labute approximate surface area is 135 Å². The Bertz CT molecular complexity index is 795. The summed E-state index contributed by atoms with van der Waals surface area (Å²) in [6.07, 6.45) is 8.01. The molecule has 23 heavy (non-hydrogen) atoms. The van der Waals surface area contributed by atoms with Crippen molar-refractivity contribution < 1.29 is 13.2 Å². The highest BCUT2D eigenvalue weighted by molar-refractivity contribution is 7.91. The topological polar surface area (TPSA) is 78.8 Å². The Kier molecular flexibility index (Phi) is 3.97. The van der Waals surface area contributed by atoms with Gasteiger partial charge in [-0.25, -0.2) is 8.42 Å². The van der Waals surface area contributed by atoms with E-state index in [1.165, 1.54) is 6.21 Å². The van der Waals surface area contributed by atoms with Crippen molar-refractivity contribution in [3.05, 3.63) is 41.6 Å². The maximum absolute atomic E-state index is 12.2. The highest BCUT2D eigenvalue weighted by Crippen LogP contribution is 2.28. The number of nitrogens with one attached hydrogen (secondary N) is 1. The Hall–Kier alpha value is -2.15. The summed E-state index contributed by atoms with van der Waals surface area (Å²) in [5.41, 5.74) is 1.06. The molecular formula is C16H19N3O3S. The van der Waals surface area contributed by atoms with Crippen LogP contribution in [0, 0.1) is 6.92 Å². The second-order valence-corrected chi connectivity index (χ2v) is 8.03. The number of carbonyl (C=O) groups excluding carboxylic acids is 1. The molecule has 3 rings (SSSR count). The second kappa shape index (κ2) is 5.81. The van der Waals surface area contributed by atoms with E-state index in [-0.39, 0.29) is 11.9 Å². The second-order valence-electron chi connectivity index (χ2n) is 5.95. The molecular weight excluding hydrogens is 314 g/mol. The lowest BCUT2D eigenvalue weighted by Gasteiger charge is -2.29. The van der Waals surface area contributed by atoms with Crippen LogP contribution in [0.1, 0.15) is 28.8 Å². The first-order valence-electron chi connectivity index (χ1n) is 7.45. The third-order valence-corrected chi connectivity index (χ3v) is 4.94. The van der Waals surface area contributed by atoms with Gasteiger partial charge in [0.1, 0.15) is 0 Å². The number of hydrogen-bond acceptors (Lipinski definition) is 5. The number of benzene rings is 1. The highest BCUT2D eigenvalue weighted by atomic mass is 32.2. The van der Waals surface area contributed by atoms with E-state index < -0.39 is 15.3 Å². The van der Waals surface area contributed by atoms with Gasteiger partial charge < -0.3 is 10.2 Å². The molecule has 0 bridgehead atoms. The molecule has 6 nitrogen and oxygen atoms in total. The van der Waals surface area contributed by atoms with E-state index in [0.29, 0.717) is 11.3 Å². The van der Waals surface area contributed by atoms with E-state index in [0.717, 1.165) is 24.7 Å². The minimum atomic E-state index is -3.41. The zero-order chi connectivity index (χ0) is 16.6. The van der Waals surface area contributed by atoms with Crippen molar-refractivity contribution in [1.82, 2.24) is 5.32 Å². The number of allylic oxidation sites excluding steroid dienone is 1. The van der Waals surface area contributed by atoms with Gasteiger partial charge in [0.25, 0.3) is 5.91 Å². The van der Waals surface area contributed by atoms with Gasteiger partial charge in [-0.2, -0.15) is 0 Å². The normalized spacial score (nSPS) is 20.6. The lowest BCUT2D eigenvalue weighted by Crippen LogP contribution is -2.38. The summed E-state index contributed by atoms with van der Waals surface area (Å²) in [5, 5.41) is 2.94. The third-order valence-electron chi connectivity index (χ3n) is 3.83. The van der Waals surface area contributed by atoms with Crippen molar-refractivity contribution >= 4 is 27.6 Å². The lowest BCUT2D eigenvalue weighted by molar-refractivity contribution is 0.0951. The zero-order valence-electron chi connectivity index (χ0n) is 13.1. The zero-order valence-corrected chi connectivity index (χ0v) is 13.9. The number of anilines is 1. The first-order chi connectivity index (χ1) is 10.9. The molecule has 2 aliphatic rings. The fourth-order valence-electron chi connectivity index (χ4n) is 2.44. The molecule has 1 saturated carbocycles. The number of rotatable bonds is 4. The van der Waals surface area contributed by atoms with Crippen LogP contribution < -0.4 is 10.2 Å². The Morgan fingerprint density at radius 1 is 1.35 bits per heavy atom. The predicted octanol–water partition coefficient (Wildman–Crippen LogP) is 1.62. The third kappa shape index (κ3) is 3.44. The van der Waals surface area contributed by atoms with E-state index >= 15 is 0 Å². The van der Waals surface area contributed by atoms with Crippen molar-refractivity contribution in [2.75, 3.05) is 11.2 Å². The first-order valence-corrected chi connectivity index (χ1v) is 9.40. The summed E-state index contributed by atoms with van der Waals surface area (Å²) in [6.45, 7) is 1.88. The van der Waals surface area contributed by atoms with Gasteiger partial charge in [0.2, 0.25) is 5.50 Å². The van der Waals surface area contributed by atoms with Crippen molar-refractivity contribution in [3.63, 3.8) is 0 Å². The summed E-state index contributed by atoms with van der Waals surface area (Å²) >= 11 is 0. The van der Waals surface area contributed by atoms with Crippen LogP contribution in [0.5, 0.6) is 0 Å². The van der Waals surface area contributed by atoms with Crippen LogP contribution in [0.25, 0.3) is 0 Å². The van der Waals surface area contributed by atoms with Gasteiger partial charge >= 0.3 is 0 Å². The molecule has 1 aromatic rings. The molecule has 1 aliphatic heterocycles. The maximum atomic E-state index is 12.2. The molecule has 7 heteroatoms. The van der Waals surface area contributed by atoms with Crippen molar-refractivity contribution in [2.45, 2.75) is 31.3 Å². The number of carbonyl (C=O) groups is 1. The molecule has 1 aliphatic carbocycles. The van der Waals surface area contributed by atoms with Crippen LogP contribution in [-0.2, 0) is 9.84 Å². The minimum absolute atomic E-state index is 0.130. The summed E-state index contributed by atoms with van der Waals surface area (Å²) in [7, 11) is -3.41. The highest BCUT2D eigenvalue weighted by Gasteiger charge is 2.29. The Morgan fingerprint density at radius 2 is 2.09 bits per heavy atom. The van der Waals surface area contributed by atoms with Crippen LogP contribution in [-0.4, -0.2) is 38.3 Å². The summed E-state index contributed by atoms with van der Waals surface area (Å²) in [5.74, 6) is -0.130. The first kappa shape index (κ1) is 15.7. The van der Waals surface area contributed by atoms with Crippen LogP contribution >= 0.6 is 0 Å². The van der Waals surface area contributed by atoms with Crippen LogP contribution in [0.2, 0.25) is 0 Å². The van der Waals surface area contributed by atoms with Crippen LogP contribution in [0.4, 0.5) is 5.69 Å².